The summed E-state index contributed by atoms with van der Waals surface area (Å²) < 4.78 is 52.8. The van der Waals surface area contributed by atoms with Crippen LogP contribution in [0, 0.1) is 0 Å². The number of halogens is 3. The molecule has 4 aromatic rings. The number of ketones is 1. The summed E-state index contributed by atoms with van der Waals surface area (Å²) in [6.45, 7) is 2.40. The number of benzene rings is 3. The normalized spacial score (nSPS) is 12.5. The van der Waals surface area contributed by atoms with Crippen molar-refractivity contribution in [2.24, 2.45) is 0 Å². The van der Waals surface area contributed by atoms with E-state index >= 15 is 0 Å². The molecule has 0 aliphatic heterocycles. The molecule has 0 spiro atoms. The van der Waals surface area contributed by atoms with E-state index in [2.05, 4.69) is 4.98 Å². The molecule has 4 rings (SSSR count). The molecule has 0 aliphatic carbocycles. The lowest BCUT2D eigenvalue weighted by Gasteiger charge is -2.20. The van der Waals surface area contributed by atoms with Gasteiger partial charge < -0.3 is 19.6 Å². The number of aryl methyl sites for hydroxylation is 2. The van der Waals surface area contributed by atoms with Crippen LogP contribution in [0.1, 0.15) is 40.7 Å². The van der Waals surface area contributed by atoms with Crippen LogP contribution in [0.15, 0.2) is 101 Å². The molecule has 0 amide bonds. The average Bonchev–Trinajstić information content (AvgIpc) is 3.42. The third-order valence-corrected chi connectivity index (χ3v) is 6.58. The fourth-order valence-corrected chi connectivity index (χ4v) is 4.36. The van der Waals surface area contributed by atoms with E-state index in [1.54, 1.807) is 30.3 Å². The van der Waals surface area contributed by atoms with Gasteiger partial charge in [0.15, 0.2) is 5.78 Å². The number of ether oxygens (including phenoxy) is 1. The lowest BCUT2D eigenvalue weighted by Crippen LogP contribution is -2.42. The Balaban J connectivity index is 1.33. The number of nitrogens with zero attached hydrogens (tertiary/aromatic N) is 1. The summed E-state index contributed by atoms with van der Waals surface area (Å²) in [4.78, 5) is 28.8. The van der Waals surface area contributed by atoms with Gasteiger partial charge in [0.25, 0.3) is 0 Å². The molecule has 1 aromatic heterocycles. The van der Waals surface area contributed by atoms with Gasteiger partial charge in [-0.2, -0.15) is 13.2 Å². The summed E-state index contributed by atoms with van der Waals surface area (Å²) in [7, 11) is 0. The Bertz CT molecular complexity index is 1530. The average molecular weight is 593 g/mol. The molecule has 224 valence electrons. The summed E-state index contributed by atoms with van der Waals surface area (Å²) >= 11 is 0. The summed E-state index contributed by atoms with van der Waals surface area (Å²) in [6.07, 6.45) is -2.78. The van der Waals surface area contributed by atoms with Crippen LogP contribution >= 0.6 is 0 Å². The molecule has 0 saturated carbocycles. The fraction of sp³-hybridized carbons (Fsp3) is 0.242. The molecule has 0 bridgehead atoms. The predicted octanol–water partition coefficient (Wildman–Crippen LogP) is 6.83. The maximum Gasteiger partial charge on any atom is 0.431 e. The largest absolute Gasteiger partial charge is 0.494 e. The van der Waals surface area contributed by atoms with Crippen molar-refractivity contribution in [2.45, 2.75) is 44.8 Å². The number of carboxylic acid groups (broad SMARTS) is 1. The first kappa shape index (κ1) is 31.1. The minimum absolute atomic E-state index is 0.0530. The lowest BCUT2D eigenvalue weighted by molar-refractivity contribution is -0.140. The van der Waals surface area contributed by atoms with Gasteiger partial charge in [-0.15, -0.1) is 0 Å². The number of aliphatic carboxylic acids is 1. The number of carbonyl (C=O) groups excluding carboxylic acids is 1. The van der Waals surface area contributed by atoms with Crippen molar-refractivity contribution >= 4 is 11.8 Å². The van der Waals surface area contributed by atoms with E-state index < -0.39 is 29.7 Å². The van der Waals surface area contributed by atoms with Gasteiger partial charge in [-0.1, -0.05) is 67.6 Å². The van der Waals surface area contributed by atoms with Crippen molar-refractivity contribution in [2.75, 3.05) is 6.61 Å². The van der Waals surface area contributed by atoms with E-state index in [1.807, 2.05) is 42.6 Å². The number of hydrogen-bond acceptors (Lipinski definition) is 6. The summed E-state index contributed by atoms with van der Waals surface area (Å²) in [5.74, 6) is -0.431. The van der Waals surface area contributed by atoms with Gasteiger partial charge >= 0.3 is 12.1 Å². The first-order valence-electron chi connectivity index (χ1n) is 13.8. The highest BCUT2D eigenvalue weighted by atomic mass is 19.4. The zero-order chi connectivity index (χ0) is 30.8. The molecule has 43 heavy (non-hydrogen) atoms. The first-order valence-corrected chi connectivity index (χ1v) is 13.8. The van der Waals surface area contributed by atoms with Gasteiger partial charge in [-0.25, -0.2) is 9.78 Å². The Morgan fingerprint density at radius 1 is 1.00 bits per heavy atom. The van der Waals surface area contributed by atoms with Crippen molar-refractivity contribution in [3.05, 3.63) is 119 Å². The molecule has 1 atom stereocenters. The zero-order valence-electron chi connectivity index (χ0n) is 23.4. The van der Waals surface area contributed by atoms with Crippen molar-refractivity contribution < 1.29 is 37.0 Å². The Kier molecular flexibility index (Phi) is 10.4. The van der Waals surface area contributed by atoms with Gasteiger partial charge in [-0.3, -0.25) is 4.79 Å². The molecule has 0 fully saturated rings. The predicted molar refractivity (Wildman–Crippen MR) is 155 cm³/mol. The van der Waals surface area contributed by atoms with Gasteiger partial charge in [0.05, 0.1) is 12.3 Å². The van der Waals surface area contributed by atoms with Crippen molar-refractivity contribution in [3.8, 4) is 17.2 Å². The second-order valence-corrected chi connectivity index (χ2v) is 9.73. The van der Waals surface area contributed by atoms with Crippen molar-refractivity contribution in [3.63, 3.8) is 0 Å². The maximum absolute atomic E-state index is 13.7. The van der Waals surface area contributed by atoms with Gasteiger partial charge in [0.2, 0.25) is 5.89 Å². The van der Waals surface area contributed by atoms with Gasteiger partial charge in [0.1, 0.15) is 23.2 Å². The number of aromatic nitrogens is 1. The molecule has 2 N–H and O–H groups in total. The van der Waals surface area contributed by atoms with E-state index in [0.717, 1.165) is 17.0 Å². The Labute approximate surface area is 247 Å². The van der Waals surface area contributed by atoms with E-state index in [9.17, 15) is 27.9 Å². The number of rotatable bonds is 14. The highest BCUT2D eigenvalue weighted by Gasteiger charge is 2.37. The molecule has 0 aliphatic rings. The number of nitrogens with one attached hydrogen (secondary N) is 1. The van der Waals surface area contributed by atoms with Gasteiger partial charge in [0, 0.05) is 30.0 Å². The van der Waals surface area contributed by atoms with Crippen LogP contribution in [-0.2, 0) is 24.1 Å². The third-order valence-electron chi connectivity index (χ3n) is 6.58. The molecule has 3 aromatic carbocycles. The van der Waals surface area contributed by atoms with E-state index in [1.165, 1.54) is 24.3 Å². The SMILES string of the molecule is CCc1oc(-c2ccccc2)nc1CCCOc1ccc(C[C@H](N/C(=C/C(=O)c2ccccc2)C(F)(F)F)C(=O)O)cc1. The standard InChI is InChI=1S/C33H31F3N2O5/c1-2-29-26(38-31(43-29)24-12-7-4-8-13-24)14-9-19-42-25-17-15-22(16-18-25)20-27(32(40)41)37-30(33(34,35)36)21-28(39)23-10-5-3-6-11-23/h3-8,10-13,15-18,21,27,37H,2,9,14,19-20H2,1H3,(H,40,41)/b30-21+/t27-/m0/s1. The monoisotopic (exact) mass is 592 g/mol. The molecule has 0 saturated heterocycles. The number of oxazole rings is 1. The summed E-state index contributed by atoms with van der Waals surface area (Å²) in [6, 6.07) is 21.9. The van der Waals surface area contributed by atoms with Gasteiger partial charge in [-0.05, 0) is 42.7 Å². The van der Waals surface area contributed by atoms with E-state index in [0.29, 0.717) is 49.1 Å². The van der Waals surface area contributed by atoms with Crippen molar-refractivity contribution in [1.29, 1.82) is 0 Å². The van der Waals surface area contributed by atoms with Crippen LogP contribution in [0.4, 0.5) is 13.2 Å². The summed E-state index contributed by atoms with van der Waals surface area (Å²) in [5.41, 5.74) is 0.892. The number of carbonyl (C=O) groups is 2. The van der Waals surface area contributed by atoms with E-state index in [-0.39, 0.29) is 12.0 Å². The highest BCUT2D eigenvalue weighted by molar-refractivity contribution is 6.05. The topological polar surface area (TPSA) is 102 Å². The molecule has 10 heteroatoms. The minimum Gasteiger partial charge on any atom is -0.494 e. The van der Waals surface area contributed by atoms with Crippen LogP contribution in [-0.4, -0.2) is 40.7 Å². The second kappa shape index (κ2) is 14.4. The quantitative estimate of drug-likeness (QED) is 0.0940. The molecule has 1 heterocycles. The van der Waals surface area contributed by atoms with E-state index in [4.69, 9.17) is 9.15 Å². The number of alkyl halides is 3. The number of allylic oxidation sites excluding steroid dienone is 2. The number of carboxylic acids is 1. The van der Waals surface area contributed by atoms with Crippen LogP contribution in [0.5, 0.6) is 5.75 Å². The summed E-state index contributed by atoms with van der Waals surface area (Å²) in [5, 5.41) is 11.6. The molecule has 0 unspecified atom stereocenters. The lowest BCUT2D eigenvalue weighted by atomic mass is 10.0. The zero-order valence-corrected chi connectivity index (χ0v) is 23.4. The Hall–Kier alpha value is -4.86. The fourth-order valence-electron chi connectivity index (χ4n) is 4.36. The van der Waals surface area contributed by atoms with Crippen LogP contribution in [0.3, 0.4) is 0 Å². The minimum atomic E-state index is -4.96. The first-order chi connectivity index (χ1) is 20.6. The van der Waals surface area contributed by atoms with Crippen LogP contribution < -0.4 is 10.1 Å². The number of hydrogen-bond donors (Lipinski definition) is 2. The molecular weight excluding hydrogens is 561 g/mol. The molecule has 7 nitrogen and oxygen atoms in total. The Morgan fingerprint density at radius 3 is 2.26 bits per heavy atom. The Morgan fingerprint density at radius 2 is 1.65 bits per heavy atom. The second-order valence-electron chi connectivity index (χ2n) is 9.73. The van der Waals surface area contributed by atoms with Crippen LogP contribution in [0.25, 0.3) is 11.5 Å². The molecule has 0 radical (unpaired) electrons. The van der Waals surface area contributed by atoms with Crippen molar-refractivity contribution in [1.82, 2.24) is 10.3 Å². The smallest absolute Gasteiger partial charge is 0.431 e. The highest BCUT2D eigenvalue weighted by Crippen LogP contribution is 2.26. The maximum atomic E-state index is 13.7. The van der Waals surface area contributed by atoms with Crippen LogP contribution in [0.2, 0.25) is 0 Å². The third kappa shape index (κ3) is 8.81. The molecular formula is C33H31F3N2O5.